The zero-order valence-corrected chi connectivity index (χ0v) is 13.4. The van der Waals surface area contributed by atoms with Crippen molar-refractivity contribution in [3.8, 4) is 0 Å². The summed E-state index contributed by atoms with van der Waals surface area (Å²) in [5, 5.41) is 0. The van der Waals surface area contributed by atoms with Gasteiger partial charge in [0, 0.05) is 46.0 Å². The van der Waals surface area contributed by atoms with Crippen molar-refractivity contribution in [3.63, 3.8) is 0 Å². The van der Waals surface area contributed by atoms with E-state index >= 15 is 0 Å². The minimum absolute atomic E-state index is 0.0209. The molecule has 0 aromatic rings. The predicted molar refractivity (Wildman–Crippen MR) is 78.8 cm³/mol. The lowest BCUT2D eigenvalue weighted by molar-refractivity contribution is -0.127. The number of hydrogen-bond donors (Lipinski definition) is 1. The smallest absolute Gasteiger partial charge is 0.0972 e. The summed E-state index contributed by atoms with van der Waals surface area (Å²) < 4.78 is 17.1. The van der Waals surface area contributed by atoms with Gasteiger partial charge < -0.3 is 19.9 Å². The molecule has 4 unspecified atom stereocenters. The number of nitrogens with zero attached hydrogens (tertiary/aromatic N) is 1. The lowest BCUT2D eigenvalue weighted by Crippen LogP contribution is -2.60. The summed E-state index contributed by atoms with van der Waals surface area (Å²) in [5.74, 6) is 0. The van der Waals surface area contributed by atoms with Crippen LogP contribution in [-0.2, 0) is 14.2 Å². The Bertz CT molecular complexity index is 316. The fourth-order valence-corrected chi connectivity index (χ4v) is 3.71. The van der Waals surface area contributed by atoms with Gasteiger partial charge in [0.1, 0.15) is 0 Å². The van der Waals surface area contributed by atoms with E-state index in [2.05, 4.69) is 18.7 Å². The van der Waals surface area contributed by atoms with Gasteiger partial charge in [0.25, 0.3) is 0 Å². The van der Waals surface area contributed by atoms with E-state index in [0.29, 0.717) is 6.54 Å². The molecule has 20 heavy (non-hydrogen) atoms. The molecule has 2 heterocycles. The first-order valence-electron chi connectivity index (χ1n) is 7.67. The molecule has 2 aliphatic heterocycles. The van der Waals surface area contributed by atoms with Gasteiger partial charge in [0.05, 0.1) is 17.8 Å². The summed E-state index contributed by atoms with van der Waals surface area (Å²) in [6, 6.07) is 0. The molecule has 2 saturated heterocycles. The molecule has 2 fully saturated rings. The Labute approximate surface area is 122 Å². The van der Waals surface area contributed by atoms with Gasteiger partial charge in [-0.25, -0.2) is 0 Å². The largest absolute Gasteiger partial charge is 0.377 e. The van der Waals surface area contributed by atoms with Crippen LogP contribution in [-0.4, -0.2) is 68.7 Å². The molecular weight excluding hydrogens is 256 g/mol. The number of likely N-dealkylation sites (tertiary alicyclic amines) is 1. The highest BCUT2D eigenvalue weighted by molar-refractivity contribution is 5.04. The Balaban J connectivity index is 2.15. The third kappa shape index (κ3) is 2.88. The summed E-state index contributed by atoms with van der Waals surface area (Å²) in [6.45, 7) is 7.63. The van der Waals surface area contributed by atoms with Crippen LogP contribution in [0.25, 0.3) is 0 Å². The standard InChI is InChI=1S/C15H30N2O3/c1-5-14(2)10-15(11-16,6-7-20-14)17-8-12(18-3)13(9-17)19-4/h12-13H,5-11,16H2,1-4H3. The van der Waals surface area contributed by atoms with Crippen LogP contribution in [0.4, 0.5) is 0 Å². The zero-order chi connectivity index (χ0) is 14.8. The molecule has 0 bridgehead atoms. The van der Waals surface area contributed by atoms with Crippen LogP contribution in [0.3, 0.4) is 0 Å². The summed E-state index contributed by atoms with van der Waals surface area (Å²) in [5.41, 5.74) is 6.15. The van der Waals surface area contributed by atoms with Crippen molar-refractivity contribution in [2.24, 2.45) is 5.73 Å². The van der Waals surface area contributed by atoms with Crippen LogP contribution in [0.2, 0.25) is 0 Å². The molecule has 0 saturated carbocycles. The average Bonchev–Trinajstić information content (AvgIpc) is 2.91. The first-order valence-corrected chi connectivity index (χ1v) is 7.67. The summed E-state index contributed by atoms with van der Waals surface area (Å²) in [4.78, 5) is 2.48. The molecule has 0 spiro atoms. The lowest BCUT2D eigenvalue weighted by atomic mass is 9.78. The third-order valence-corrected chi connectivity index (χ3v) is 5.34. The highest BCUT2D eigenvalue weighted by Gasteiger charge is 2.49. The normalized spacial score (nSPS) is 43.0. The number of nitrogens with two attached hydrogens (primary N) is 1. The van der Waals surface area contributed by atoms with Crippen molar-refractivity contribution in [1.82, 2.24) is 4.90 Å². The zero-order valence-electron chi connectivity index (χ0n) is 13.4. The van der Waals surface area contributed by atoms with Gasteiger partial charge in [-0.15, -0.1) is 0 Å². The molecule has 0 aromatic heterocycles. The average molecular weight is 286 g/mol. The maximum atomic E-state index is 6.19. The van der Waals surface area contributed by atoms with Crippen LogP contribution < -0.4 is 5.73 Å². The van der Waals surface area contributed by atoms with Crippen LogP contribution in [0.5, 0.6) is 0 Å². The lowest BCUT2D eigenvalue weighted by Gasteiger charge is -2.50. The van der Waals surface area contributed by atoms with Crippen LogP contribution in [0, 0.1) is 0 Å². The van der Waals surface area contributed by atoms with E-state index in [1.165, 1.54) is 0 Å². The monoisotopic (exact) mass is 286 g/mol. The van der Waals surface area contributed by atoms with Gasteiger partial charge in [-0.1, -0.05) is 6.92 Å². The van der Waals surface area contributed by atoms with Gasteiger partial charge in [0.15, 0.2) is 0 Å². The van der Waals surface area contributed by atoms with Gasteiger partial charge in [-0.05, 0) is 26.2 Å². The van der Waals surface area contributed by atoms with Gasteiger partial charge in [0.2, 0.25) is 0 Å². The third-order valence-electron chi connectivity index (χ3n) is 5.34. The summed E-state index contributed by atoms with van der Waals surface area (Å²) in [6.07, 6.45) is 3.27. The van der Waals surface area contributed by atoms with Gasteiger partial charge in [-0.3, -0.25) is 4.90 Å². The minimum Gasteiger partial charge on any atom is -0.377 e. The maximum Gasteiger partial charge on any atom is 0.0972 e. The molecular formula is C15H30N2O3. The van der Waals surface area contributed by atoms with E-state index in [4.69, 9.17) is 19.9 Å². The molecule has 0 amide bonds. The van der Waals surface area contributed by atoms with E-state index in [9.17, 15) is 0 Å². The van der Waals surface area contributed by atoms with E-state index < -0.39 is 0 Å². The molecule has 0 aliphatic carbocycles. The number of hydrogen-bond acceptors (Lipinski definition) is 5. The highest BCUT2D eigenvalue weighted by Crippen LogP contribution is 2.39. The first-order chi connectivity index (χ1) is 9.52. The molecule has 0 aromatic carbocycles. The van der Waals surface area contributed by atoms with Gasteiger partial charge >= 0.3 is 0 Å². The fraction of sp³-hybridized carbons (Fsp3) is 1.00. The molecule has 5 heteroatoms. The Morgan fingerprint density at radius 1 is 1.25 bits per heavy atom. The highest BCUT2D eigenvalue weighted by atomic mass is 16.5. The Hall–Kier alpha value is -0.200. The number of methoxy groups -OCH3 is 2. The molecule has 4 atom stereocenters. The maximum absolute atomic E-state index is 6.19. The summed E-state index contributed by atoms with van der Waals surface area (Å²) >= 11 is 0. The van der Waals surface area contributed by atoms with Crippen molar-refractivity contribution in [2.45, 2.75) is 56.5 Å². The van der Waals surface area contributed by atoms with Crippen LogP contribution in [0.15, 0.2) is 0 Å². The predicted octanol–water partition coefficient (Wildman–Crippen LogP) is 1.01. The van der Waals surface area contributed by atoms with Crippen molar-refractivity contribution >= 4 is 0 Å². The summed E-state index contributed by atoms with van der Waals surface area (Å²) in [7, 11) is 3.52. The minimum atomic E-state index is -0.0641. The second kappa shape index (κ2) is 6.28. The van der Waals surface area contributed by atoms with Crippen molar-refractivity contribution in [2.75, 3.05) is 40.5 Å². The topological polar surface area (TPSA) is 57.0 Å². The molecule has 2 N–H and O–H groups in total. The SMILES string of the molecule is CCC1(C)CC(CN)(N2CC(OC)C(OC)C2)CCO1. The molecule has 2 rings (SSSR count). The van der Waals surface area contributed by atoms with Crippen LogP contribution >= 0.6 is 0 Å². The van der Waals surface area contributed by atoms with E-state index in [1.54, 1.807) is 14.2 Å². The molecule has 0 radical (unpaired) electrons. The Kier molecular flexibility index (Phi) is 5.08. The van der Waals surface area contributed by atoms with Crippen molar-refractivity contribution in [1.29, 1.82) is 0 Å². The Morgan fingerprint density at radius 3 is 2.30 bits per heavy atom. The van der Waals surface area contributed by atoms with Gasteiger partial charge in [-0.2, -0.15) is 0 Å². The first kappa shape index (κ1) is 16.2. The van der Waals surface area contributed by atoms with Crippen molar-refractivity contribution in [3.05, 3.63) is 0 Å². The number of ether oxygens (including phenoxy) is 3. The second-order valence-electron chi connectivity index (χ2n) is 6.46. The quantitative estimate of drug-likeness (QED) is 0.817. The van der Waals surface area contributed by atoms with Crippen molar-refractivity contribution < 1.29 is 14.2 Å². The molecule has 118 valence electrons. The number of rotatable bonds is 5. The second-order valence-corrected chi connectivity index (χ2v) is 6.46. The van der Waals surface area contributed by atoms with Crippen LogP contribution in [0.1, 0.15) is 33.1 Å². The molecule has 2 aliphatic rings. The Morgan fingerprint density at radius 2 is 1.85 bits per heavy atom. The molecule has 5 nitrogen and oxygen atoms in total. The van der Waals surface area contributed by atoms with E-state index in [0.717, 1.165) is 39.0 Å². The fourth-order valence-electron chi connectivity index (χ4n) is 3.71. The van der Waals surface area contributed by atoms with E-state index in [-0.39, 0.29) is 23.3 Å². The van der Waals surface area contributed by atoms with E-state index in [1.807, 2.05) is 0 Å².